The average Bonchev–Trinajstić information content (AvgIpc) is 2.05. The van der Waals surface area contributed by atoms with Gasteiger partial charge in [-0.05, 0) is 19.1 Å². The van der Waals surface area contributed by atoms with Crippen LogP contribution in [0.1, 0.15) is 12.5 Å². The second-order valence-corrected chi connectivity index (χ2v) is 2.18. The number of hydrogen-bond acceptors (Lipinski definition) is 3. The van der Waals surface area contributed by atoms with Gasteiger partial charge in [0, 0.05) is 6.07 Å². The van der Waals surface area contributed by atoms with Crippen LogP contribution in [-0.2, 0) is 0 Å². The van der Waals surface area contributed by atoms with Gasteiger partial charge in [-0.1, -0.05) is 0 Å². The van der Waals surface area contributed by atoms with Crippen LogP contribution in [0.25, 0.3) is 0 Å². The van der Waals surface area contributed by atoms with Crippen LogP contribution in [0.5, 0.6) is 5.75 Å². The first kappa shape index (κ1) is 8.41. The Morgan fingerprint density at radius 2 is 2.50 bits per heavy atom. The summed E-state index contributed by atoms with van der Waals surface area (Å²) in [5.41, 5.74) is 6.20. The van der Waals surface area contributed by atoms with Gasteiger partial charge in [-0.15, -0.1) is 0 Å². The lowest BCUT2D eigenvalue weighted by molar-refractivity contribution is 0.339. The van der Waals surface area contributed by atoms with E-state index in [9.17, 15) is 0 Å². The highest BCUT2D eigenvalue weighted by Crippen LogP contribution is 2.22. The van der Waals surface area contributed by atoms with Gasteiger partial charge in [-0.25, -0.2) is 0 Å². The van der Waals surface area contributed by atoms with Crippen molar-refractivity contribution in [2.75, 3.05) is 12.3 Å². The molecule has 0 fully saturated rings. The lowest BCUT2D eigenvalue weighted by Crippen LogP contribution is -1.97. The van der Waals surface area contributed by atoms with Crippen LogP contribution in [0.3, 0.4) is 0 Å². The zero-order valence-electron chi connectivity index (χ0n) is 6.79. The zero-order valence-corrected chi connectivity index (χ0v) is 6.79. The fraction of sp³-hybridized carbons (Fsp3) is 0.222. The Bertz CT molecular complexity index is 315. The molecule has 1 rings (SSSR count). The molecule has 0 bridgehead atoms. The van der Waals surface area contributed by atoms with Crippen LogP contribution in [0.4, 0.5) is 5.69 Å². The number of nitrogens with zero attached hydrogens (tertiary/aromatic N) is 1. The highest BCUT2D eigenvalue weighted by atomic mass is 16.5. The molecule has 2 N–H and O–H groups in total. The van der Waals surface area contributed by atoms with E-state index in [1.54, 1.807) is 12.1 Å². The zero-order chi connectivity index (χ0) is 8.97. The van der Waals surface area contributed by atoms with Crippen molar-refractivity contribution in [3.05, 3.63) is 23.8 Å². The third kappa shape index (κ3) is 1.48. The molecule has 0 saturated carbocycles. The first-order valence-corrected chi connectivity index (χ1v) is 3.62. The van der Waals surface area contributed by atoms with Crippen LogP contribution in [0, 0.1) is 17.4 Å². The van der Waals surface area contributed by atoms with E-state index in [0.717, 1.165) is 0 Å². The van der Waals surface area contributed by atoms with Gasteiger partial charge in [-0.2, -0.15) is 5.26 Å². The maximum absolute atomic E-state index is 8.70. The molecule has 0 aliphatic rings. The molecule has 0 atom stereocenters. The van der Waals surface area contributed by atoms with Crippen molar-refractivity contribution in [2.45, 2.75) is 6.92 Å². The summed E-state index contributed by atoms with van der Waals surface area (Å²) in [5, 5.41) is 8.70. The molecule has 0 unspecified atom stereocenters. The Balaban J connectivity index is 3.11. The Labute approximate surface area is 71.4 Å². The fourth-order valence-corrected chi connectivity index (χ4v) is 0.886. The quantitative estimate of drug-likeness (QED) is 0.666. The van der Waals surface area contributed by atoms with E-state index in [1.165, 1.54) is 0 Å². The molecule has 1 aromatic carbocycles. The van der Waals surface area contributed by atoms with Gasteiger partial charge in [-0.3, -0.25) is 0 Å². The number of nitriles is 1. The molecule has 1 aromatic rings. The highest BCUT2D eigenvalue weighted by molar-refractivity contribution is 5.60. The van der Waals surface area contributed by atoms with Crippen LogP contribution in [-0.4, -0.2) is 6.61 Å². The van der Waals surface area contributed by atoms with Gasteiger partial charge in [0.15, 0.2) is 0 Å². The first-order valence-electron chi connectivity index (χ1n) is 3.62. The summed E-state index contributed by atoms with van der Waals surface area (Å²) in [5.74, 6) is 0.524. The lowest BCUT2D eigenvalue weighted by atomic mass is 10.2. The van der Waals surface area contributed by atoms with E-state index >= 15 is 0 Å². The second kappa shape index (κ2) is 3.63. The van der Waals surface area contributed by atoms with Crippen LogP contribution >= 0.6 is 0 Å². The molecule has 61 valence electrons. The van der Waals surface area contributed by atoms with E-state index in [2.05, 4.69) is 6.07 Å². The van der Waals surface area contributed by atoms with Crippen molar-refractivity contribution < 1.29 is 4.74 Å². The van der Waals surface area contributed by atoms with Gasteiger partial charge in [0.25, 0.3) is 0 Å². The first-order chi connectivity index (χ1) is 5.79. The summed E-state index contributed by atoms with van der Waals surface area (Å²) >= 11 is 0. The van der Waals surface area contributed by atoms with Gasteiger partial charge in [0.2, 0.25) is 0 Å². The molecule has 0 aliphatic carbocycles. The Morgan fingerprint density at radius 3 is 3.08 bits per heavy atom. The van der Waals surface area contributed by atoms with E-state index in [1.807, 2.05) is 13.0 Å². The molecule has 0 spiro atoms. The highest BCUT2D eigenvalue weighted by Gasteiger charge is 2.04. The van der Waals surface area contributed by atoms with E-state index in [4.69, 9.17) is 15.7 Å². The molecule has 12 heavy (non-hydrogen) atoms. The van der Waals surface area contributed by atoms with Crippen molar-refractivity contribution in [2.24, 2.45) is 0 Å². The standard InChI is InChI=1S/C9H9N2O/c1-2-12-9-5-3-4-8(11)7(9)6-10/h3,5H,2,11H2,1H3. The second-order valence-electron chi connectivity index (χ2n) is 2.18. The van der Waals surface area contributed by atoms with Crippen molar-refractivity contribution >= 4 is 5.69 Å². The van der Waals surface area contributed by atoms with Crippen LogP contribution < -0.4 is 10.5 Å². The maximum Gasteiger partial charge on any atom is 0.139 e. The van der Waals surface area contributed by atoms with Gasteiger partial charge >= 0.3 is 0 Å². The smallest absolute Gasteiger partial charge is 0.139 e. The van der Waals surface area contributed by atoms with Crippen molar-refractivity contribution in [3.63, 3.8) is 0 Å². The van der Waals surface area contributed by atoms with Crippen molar-refractivity contribution in [3.8, 4) is 11.8 Å². The Kier molecular flexibility index (Phi) is 2.54. The number of nitrogen functional groups attached to an aromatic ring is 1. The monoisotopic (exact) mass is 161 g/mol. The number of ether oxygens (including phenoxy) is 1. The fourth-order valence-electron chi connectivity index (χ4n) is 0.886. The minimum Gasteiger partial charge on any atom is -0.492 e. The average molecular weight is 161 g/mol. The predicted molar refractivity (Wildman–Crippen MR) is 45.6 cm³/mol. The number of rotatable bonds is 2. The summed E-state index contributed by atoms with van der Waals surface area (Å²) in [4.78, 5) is 0. The number of nitrogens with two attached hydrogens (primary N) is 1. The summed E-state index contributed by atoms with van der Waals surface area (Å²) < 4.78 is 5.19. The molecular weight excluding hydrogens is 152 g/mol. The van der Waals surface area contributed by atoms with E-state index in [0.29, 0.717) is 23.6 Å². The summed E-state index contributed by atoms with van der Waals surface area (Å²) in [6.07, 6.45) is 0. The van der Waals surface area contributed by atoms with Gasteiger partial charge < -0.3 is 10.5 Å². The third-order valence-corrected chi connectivity index (χ3v) is 1.40. The van der Waals surface area contributed by atoms with Gasteiger partial charge in [0.05, 0.1) is 12.3 Å². The minimum atomic E-state index is 0.337. The van der Waals surface area contributed by atoms with Gasteiger partial charge in [0.1, 0.15) is 17.4 Å². The summed E-state index contributed by atoms with van der Waals surface area (Å²) in [6, 6.07) is 8.01. The van der Waals surface area contributed by atoms with E-state index in [-0.39, 0.29) is 0 Å². The number of benzene rings is 1. The molecule has 0 saturated heterocycles. The minimum absolute atomic E-state index is 0.337. The molecule has 3 nitrogen and oxygen atoms in total. The van der Waals surface area contributed by atoms with Crippen LogP contribution in [0.15, 0.2) is 12.1 Å². The molecule has 0 heterocycles. The normalized spacial score (nSPS) is 9.00. The third-order valence-electron chi connectivity index (χ3n) is 1.40. The number of hydrogen-bond donors (Lipinski definition) is 1. The Morgan fingerprint density at radius 1 is 1.75 bits per heavy atom. The number of anilines is 1. The lowest BCUT2D eigenvalue weighted by Gasteiger charge is -2.05. The van der Waals surface area contributed by atoms with Crippen LogP contribution in [0.2, 0.25) is 0 Å². The molecule has 0 amide bonds. The van der Waals surface area contributed by atoms with Crippen molar-refractivity contribution in [1.29, 1.82) is 5.26 Å². The largest absolute Gasteiger partial charge is 0.492 e. The van der Waals surface area contributed by atoms with E-state index < -0.39 is 0 Å². The summed E-state index contributed by atoms with van der Waals surface area (Å²) in [6.45, 7) is 2.38. The maximum atomic E-state index is 8.70. The predicted octanol–water partition coefficient (Wildman–Crippen LogP) is 1.34. The molecular formula is C9H9N2O. The molecule has 0 aliphatic heterocycles. The molecule has 1 radical (unpaired) electrons. The SMILES string of the molecule is CCOc1cc[c]c(N)c1C#N. The Hall–Kier alpha value is -1.69. The molecule has 3 heteroatoms. The molecule has 0 aromatic heterocycles. The van der Waals surface area contributed by atoms with Crippen molar-refractivity contribution in [1.82, 2.24) is 0 Å². The topological polar surface area (TPSA) is 59.0 Å². The summed E-state index contributed by atoms with van der Waals surface area (Å²) in [7, 11) is 0.